The van der Waals surface area contributed by atoms with Crippen molar-refractivity contribution in [2.24, 2.45) is 17.8 Å². The zero-order chi connectivity index (χ0) is 75.8. The summed E-state index contributed by atoms with van der Waals surface area (Å²) in [5.74, 6) is 0.292. The van der Waals surface area contributed by atoms with Gasteiger partial charge in [0.05, 0.1) is 26.4 Å². The van der Waals surface area contributed by atoms with Crippen molar-refractivity contribution in [3.05, 3.63) is 0 Å². The van der Waals surface area contributed by atoms with Gasteiger partial charge in [0, 0.05) is 25.7 Å². The average Bonchev–Trinajstić information content (AvgIpc) is 0.907. The molecule has 0 saturated carbocycles. The number of carbonyl (C=O) groups is 4. The van der Waals surface area contributed by atoms with E-state index in [-0.39, 0.29) is 25.7 Å². The van der Waals surface area contributed by atoms with Crippen molar-refractivity contribution in [3.63, 3.8) is 0 Å². The molecule has 5 atom stereocenters. The molecule has 0 heterocycles. The van der Waals surface area contributed by atoms with E-state index in [1.54, 1.807) is 0 Å². The van der Waals surface area contributed by atoms with E-state index in [1.807, 2.05) is 0 Å². The first-order valence-corrected chi connectivity index (χ1v) is 46.3. The van der Waals surface area contributed by atoms with Crippen molar-refractivity contribution < 1.29 is 80.2 Å². The Morgan fingerprint density at radius 3 is 0.660 bits per heavy atom. The predicted molar refractivity (Wildman–Crippen MR) is 423 cm³/mol. The standard InChI is InChI=1S/C84H164O17P2/c1-8-9-10-11-12-13-27-37-44-51-58-65-81(86)94-71-79(100-84(89)68-61-54-47-40-33-26-20-18-23-30-36-43-50-57-64-77(6)7)73-98-102(90,91)96-69-78(85)70-97-103(92,93)99-74-80(72-95-82(87)66-59-52-45-38-31-24-19-17-22-29-35-42-49-56-63-76(4)5)101-83(88)67-60-53-46-39-32-25-16-14-15-21-28-34-41-48-55-62-75(2)3/h75-80,85H,8-74H2,1-7H3,(H,90,91)(H,92,93)/t78-,79+,80+/m0/s1. The lowest BCUT2D eigenvalue weighted by atomic mass is 10.0. The highest BCUT2D eigenvalue weighted by atomic mass is 31.2. The fraction of sp³-hybridized carbons (Fsp3) is 0.952. The smallest absolute Gasteiger partial charge is 0.462 e. The van der Waals surface area contributed by atoms with Crippen LogP contribution in [0.3, 0.4) is 0 Å². The number of aliphatic hydroxyl groups is 1. The second-order valence-corrected chi connectivity index (χ2v) is 34.6. The highest BCUT2D eigenvalue weighted by Crippen LogP contribution is 2.45. The SMILES string of the molecule is CCCCCCCCCCCCCC(=O)OC[C@H](COP(=O)(O)OC[C@H](O)COP(=O)(O)OC[C@@H](COC(=O)CCCCCCCCCCCCCCCCC(C)C)OC(=O)CCCCCCCCCCCCCCCCCC(C)C)OC(=O)CCCCCCCCCCCCCCCCC(C)C. The lowest BCUT2D eigenvalue weighted by Crippen LogP contribution is -2.30. The van der Waals surface area contributed by atoms with Crippen molar-refractivity contribution in [2.75, 3.05) is 39.6 Å². The van der Waals surface area contributed by atoms with Crippen LogP contribution < -0.4 is 0 Å². The van der Waals surface area contributed by atoms with Crippen molar-refractivity contribution in [1.82, 2.24) is 0 Å². The molecule has 0 aliphatic rings. The minimum Gasteiger partial charge on any atom is -0.462 e. The van der Waals surface area contributed by atoms with Gasteiger partial charge in [0.2, 0.25) is 0 Å². The van der Waals surface area contributed by atoms with E-state index in [0.717, 1.165) is 108 Å². The minimum absolute atomic E-state index is 0.108. The molecule has 0 spiro atoms. The van der Waals surface area contributed by atoms with Crippen LogP contribution in [0.5, 0.6) is 0 Å². The zero-order valence-electron chi connectivity index (χ0n) is 67.8. The minimum atomic E-state index is -4.96. The van der Waals surface area contributed by atoms with Gasteiger partial charge in [-0.05, 0) is 43.4 Å². The summed E-state index contributed by atoms with van der Waals surface area (Å²) in [6.07, 6.45) is 63.7. The Hall–Kier alpha value is -1.94. The lowest BCUT2D eigenvalue weighted by Gasteiger charge is -2.21. The summed E-state index contributed by atoms with van der Waals surface area (Å²) >= 11 is 0. The Balaban J connectivity index is 5.25. The van der Waals surface area contributed by atoms with Crippen LogP contribution in [0.4, 0.5) is 0 Å². The normalized spacial score (nSPS) is 13.9. The molecule has 3 N–H and O–H groups in total. The largest absolute Gasteiger partial charge is 0.472 e. The Morgan fingerprint density at radius 1 is 0.262 bits per heavy atom. The molecule has 17 nitrogen and oxygen atoms in total. The third-order valence-electron chi connectivity index (χ3n) is 19.6. The summed E-state index contributed by atoms with van der Waals surface area (Å²) in [5, 5.41) is 10.7. The molecule has 0 aliphatic heterocycles. The second kappa shape index (κ2) is 74.2. The van der Waals surface area contributed by atoms with E-state index in [1.165, 1.54) is 250 Å². The molecular weight excluding hydrogens is 1340 g/mol. The molecular formula is C84H164O17P2. The molecule has 0 aliphatic carbocycles. The number of phosphoric ester groups is 2. The molecule has 0 radical (unpaired) electrons. The van der Waals surface area contributed by atoms with E-state index < -0.39 is 97.5 Å². The summed E-state index contributed by atoms with van der Waals surface area (Å²) in [5.41, 5.74) is 0. The van der Waals surface area contributed by atoms with Crippen LogP contribution in [0.2, 0.25) is 0 Å². The van der Waals surface area contributed by atoms with Crippen LogP contribution in [-0.2, 0) is 65.4 Å². The van der Waals surface area contributed by atoms with Crippen molar-refractivity contribution in [3.8, 4) is 0 Å². The second-order valence-electron chi connectivity index (χ2n) is 31.6. The topological polar surface area (TPSA) is 237 Å². The first-order valence-electron chi connectivity index (χ1n) is 43.3. The highest BCUT2D eigenvalue weighted by molar-refractivity contribution is 7.47. The van der Waals surface area contributed by atoms with Crippen LogP contribution in [0.25, 0.3) is 0 Å². The van der Waals surface area contributed by atoms with E-state index in [2.05, 4.69) is 48.5 Å². The molecule has 0 amide bonds. The molecule has 0 aromatic carbocycles. The number of hydrogen-bond acceptors (Lipinski definition) is 15. The summed E-state index contributed by atoms with van der Waals surface area (Å²) in [6.45, 7) is 12.0. The molecule has 0 rings (SSSR count). The number of unbranched alkanes of at least 4 members (excludes halogenated alkanes) is 50. The van der Waals surface area contributed by atoms with Crippen LogP contribution in [0.1, 0.15) is 440 Å². The monoisotopic (exact) mass is 1510 g/mol. The fourth-order valence-corrected chi connectivity index (χ4v) is 14.6. The van der Waals surface area contributed by atoms with Crippen LogP contribution in [-0.4, -0.2) is 96.7 Å². The van der Waals surface area contributed by atoms with Crippen LogP contribution in [0.15, 0.2) is 0 Å². The maximum Gasteiger partial charge on any atom is 0.472 e. The van der Waals surface area contributed by atoms with Gasteiger partial charge in [0.15, 0.2) is 12.2 Å². The first-order chi connectivity index (χ1) is 49.7. The summed E-state index contributed by atoms with van der Waals surface area (Å²) in [4.78, 5) is 73.2. The van der Waals surface area contributed by atoms with Gasteiger partial charge in [-0.1, -0.05) is 389 Å². The number of rotatable bonds is 82. The number of carbonyl (C=O) groups excluding carboxylic acids is 4. The molecule has 2 unspecified atom stereocenters. The van der Waals surface area contributed by atoms with Gasteiger partial charge < -0.3 is 33.8 Å². The van der Waals surface area contributed by atoms with E-state index in [9.17, 15) is 43.2 Å². The van der Waals surface area contributed by atoms with Crippen LogP contribution in [0, 0.1) is 17.8 Å². The van der Waals surface area contributed by atoms with Crippen LogP contribution >= 0.6 is 15.6 Å². The molecule has 0 saturated heterocycles. The summed E-state index contributed by atoms with van der Waals surface area (Å²) < 4.78 is 68.9. The molecule has 0 aromatic heterocycles. The molecule has 0 fully saturated rings. The van der Waals surface area contributed by atoms with Crippen molar-refractivity contribution >= 4 is 39.5 Å². The predicted octanol–water partition coefficient (Wildman–Crippen LogP) is 25.3. The lowest BCUT2D eigenvalue weighted by molar-refractivity contribution is -0.161. The van der Waals surface area contributed by atoms with Gasteiger partial charge >= 0.3 is 39.5 Å². The molecule has 612 valence electrons. The Bertz CT molecular complexity index is 1990. The van der Waals surface area contributed by atoms with Gasteiger partial charge in [0.1, 0.15) is 19.3 Å². The Morgan fingerprint density at radius 2 is 0.447 bits per heavy atom. The number of ether oxygens (including phenoxy) is 4. The molecule has 0 aromatic rings. The van der Waals surface area contributed by atoms with E-state index in [0.29, 0.717) is 25.7 Å². The van der Waals surface area contributed by atoms with E-state index in [4.69, 9.17) is 37.0 Å². The highest BCUT2D eigenvalue weighted by Gasteiger charge is 2.30. The Labute approximate surface area is 632 Å². The number of hydrogen-bond donors (Lipinski definition) is 3. The van der Waals surface area contributed by atoms with Crippen molar-refractivity contribution in [2.45, 2.75) is 458 Å². The number of esters is 4. The quantitative estimate of drug-likeness (QED) is 0.0222. The number of aliphatic hydroxyl groups excluding tert-OH is 1. The van der Waals surface area contributed by atoms with Gasteiger partial charge in [0.25, 0.3) is 0 Å². The fourth-order valence-electron chi connectivity index (χ4n) is 13.0. The Kier molecular flexibility index (Phi) is 72.8. The molecule has 103 heavy (non-hydrogen) atoms. The zero-order valence-corrected chi connectivity index (χ0v) is 69.6. The summed E-state index contributed by atoms with van der Waals surface area (Å²) in [6, 6.07) is 0. The van der Waals surface area contributed by atoms with Crippen molar-refractivity contribution in [1.29, 1.82) is 0 Å². The number of phosphoric acid groups is 2. The maximum absolute atomic E-state index is 13.1. The maximum atomic E-state index is 13.1. The third kappa shape index (κ3) is 78.0. The summed E-state index contributed by atoms with van der Waals surface area (Å²) in [7, 11) is -9.93. The van der Waals surface area contributed by atoms with Gasteiger partial charge in [-0.2, -0.15) is 0 Å². The molecule has 0 bridgehead atoms. The van der Waals surface area contributed by atoms with Gasteiger partial charge in [-0.25, -0.2) is 9.13 Å². The average molecular weight is 1510 g/mol. The third-order valence-corrected chi connectivity index (χ3v) is 21.5. The molecule has 19 heteroatoms. The van der Waals surface area contributed by atoms with E-state index >= 15 is 0 Å². The van der Waals surface area contributed by atoms with Gasteiger partial charge in [-0.15, -0.1) is 0 Å². The first kappa shape index (κ1) is 101. The van der Waals surface area contributed by atoms with Gasteiger partial charge in [-0.3, -0.25) is 37.3 Å².